The highest BCUT2D eigenvalue weighted by molar-refractivity contribution is 8.00. The number of anilines is 1. The Kier molecular flexibility index (Phi) is 2.86. The molecule has 1 unspecified atom stereocenters. The van der Waals surface area contributed by atoms with Gasteiger partial charge in [-0.05, 0) is 18.6 Å². The maximum atomic E-state index is 10.7. The van der Waals surface area contributed by atoms with Crippen molar-refractivity contribution >= 4 is 23.4 Å². The molecule has 1 aromatic heterocycles. The van der Waals surface area contributed by atoms with E-state index in [0.717, 1.165) is 6.54 Å². The highest BCUT2D eigenvalue weighted by atomic mass is 32.2. The van der Waals surface area contributed by atoms with Crippen molar-refractivity contribution in [1.29, 1.82) is 0 Å². The van der Waals surface area contributed by atoms with Crippen LogP contribution < -0.4 is 5.73 Å². The van der Waals surface area contributed by atoms with Crippen LogP contribution in [0.5, 0.6) is 0 Å². The van der Waals surface area contributed by atoms with Crippen molar-refractivity contribution in [2.75, 3.05) is 11.5 Å². The third kappa shape index (κ3) is 2.26. The maximum absolute atomic E-state index is 10.7. The molecule has 0 spiro atoms. The SMILES string of the molecule is Nc1cn(CC2CCCS2)nc1C(=O)O. The van der Waals surface area contributed by atoms with Gasteiger partial charge in [0.2, 0.25) is 0 Å². The Morgan fingerprint density at radius 1 is 1.80 bits per heavy atom. The van der Waals surface area contributed by atoms with Crippen LogP contribution >= 0.6 is 11.8 Å². The first-order chi connectivity index (χ1) is 7.16. The standard InChI is InChI=1S/C9H13N3O2S/c10-7-5-12(11-8(7)9(13)14)4-6-2-1-3-15-6/h5-6H,1-4,10H2,(H,13,14). The summed E-state index contributed by atoms with van der Waals surface area (Å²) in [5.41, 5.74) is 5.74. The Bertz CT molecular complexity index is 371. The molecule has 2 heterocycles. The summed E-state index contributed by atoms with van der Waals surface area (Å²) in [7, 11) is 0. The lowest BCUT2D eigenvalue weighted by atomic mass is 10.2. The van der Waals surface area contributed by atoms with Gasteiger partial charge in [0.1, 0.15) is 0 Å². The van der Waals surface area contributed by atoms with E-state index in [2.05, 4.69) is 5.10 Å². The van der Waals surface area contributed by atoms with Gasteiger partial charge in [-0.3, -0.25) is 4.68 Å². The van der Waals surface area contributed by atoms with Crippen LogP contribution in [0.25, 0.3) is 0 Å². The van der Waals surface area contributed by atoms with Gasteiger partial charge in [-0.25, -0.2) is 4.79 Å². The molecule has 1 fully saturated rings. The Labute approximate surface area is 91.6 Å². The summed E-state index contributed by atoms with van der Waals surface area (Å²) in [6.45, 7) is 0.752. The molecule has 1 atom stereocenters. The van der Waals surface area contributed by atoms with E-state index in [0.29, 0.717) is 5.25 Å². The Balaban J connectivity index is 2.08. The van der Waals surface area contributed by atoms with Gasteiger partial charge >= 0.3 is 5.97 Å². The van der Waals surface area contributed by atoms with Crippen molar-refractivity contribution in [3.05, 3.63) is 11.9 Å². The molecule has 0 saturated carbocycles. The molecule has 0 bridgehead atoms. The summed E-state index contributed by atoms with van der Waals surface area (Å²) in [6.07, 6.45) is 4.01. The molecule has 0 radical (unpaired) electrons. The summed E-state index contributed by atoms with van der Waals surface area (Å²) in [6, 6.07) is 0. The number of carboxylic acids is 1. The molecule has 1 aliphatic rings. The predicted molar refractivity (Wildman–Crippen MR) is 59.1 cm³/mol. The van der Waals surface area contributed by atoms with E-state index in [1.807, 2.05) is 11.8 Å². The number of hydrogen-bond acceptors (Lipinski definition) is 4. The number of thioether (sulfide) groups is 1. The molecule has 82 valence electrons. The Hall–Kier alpha value is -1.17. The number of rotatable bonds is 3. The summed E-state index contributed by atoms with van der Waals surface area (Å²) >= 11 is 1.91. The first kappa shape index (κ1) is 10.4. The molecule has 5 nitrogen and oxygen atoms in total. The molecule has 3 N–H and O–H groups in total. The average Bonchev–Trinajstić information content (AvgIpc) is 2.75. The van der Waals surface area contributed by atoms with Crippen molar-refractivity contribution in [2.45, 2.75) is 24.6 Å². The minimum atomic E-state index is -1.06. The third-order valence-corrected chi connectivity index (χ3v) is 3.79. The van der Waals surface area contributed by atoms with E-state index in [1.54, 1.807) is 10.9 Å². The molecule has 6 heteroatoms. The summed E-state index contributed by atoms with van der Waals surface area (Å²) < 4.78 is 1.64. The Morgan fingerprint density at radius 2 is 2.60 bits per heavy atom. The van der Waals surface area contributed by atoms with E-state index >= 15 is 0 Å². The minimum absolute atomic E-state index is 0.0435. The lowest BCUT2D eigenvalue weighted by Gasteiger charge is -2.07. The zero-order valence-corrected chi connectivity index (χ0v) is 9.04. The minimum Gasteiger partial charge on any atom is -0.476 e. The molecule has 2 rings (SSSR count). The fourth-order valence-corrected chi connectivity index (χ4v) is 2.95. The lowest BCUT2D eigenvalue weighted by Crippen LogP contribution is -2.11. The van der Waals surface area contributed by atoms with Gasteiger partial charge in [-0.15, -0.1) is 0 Å². The second kappa shape index (κ2) is 4.14. The van der Waals surface area contributed by atoms with Crippen molar-refractivity contribution < 1.29 is 9.90 Å². The number of hydrogen-bond donors (Lipinski definition) is 2. The zero-order valence-electron chi connectivity index (χ0n) is 8.22. The van der Waals surface area contributed by atoms with Gasteiger partial charge < -0.3 is 10.8 Å². The lowest BCUT2D eigenvalue weighted by molar-refractivity contribution is 0.0690. The monoisotopic (exact) mass is 227 g/mol. The number of nitrogen functional groups attached to an aromatic ring is 1. The topological polar surface area (TPSA) is 81.1 Å². The van der Waals surface area contributed by atoms with Gasteiger partial charge in [-0.1, -0.05) is 0 Å². The van der Waals surface area contributed by atoms with Gasteiger partial charge in [0, 0.05) is 11.4 Å². The second-order valence-electron chi connectivity index (χ2n) is 3.60. The number of carbonyl (C=O) groups is 1. The van der Waals surface area contributed by atoms with Gasteiger partial charge in [0.15, 0.2) is 5.69 Å². The van der Waals surface area contributed by atoms with Crippen LogP contribution in [-0.4, -0.2) is 31.9 Å². The van der Waals surface area contributed by atoms with Crippen LogP contribution in [0.2, 0.25) is 0 Å². The quantitative estimate of drug-likeness (QED) is 0.807. The normalized spacial score (nSPS) is 20.7. The molecule has 1 aliphatic heterocycles. The van der Waals surface area contributed by atoms with Crippen LogP contribution in [-0.2, 0) is 6.54 Å². The summed E-state index contributed by atoms with van der Waals surface area (Å²) in [5.74, 6) is 0.123. The van der Waals surface area contributed by atoms with Crippen LogP contribution in [0.15, 0.2) is 6.20 Å². The molecular weight excluding hydrogens is 214 g/mol. The zero-order chi connectivity index (χ0) is 10.8. The number of aromatic nitrogens is 2. The predicted octanol–water partition coefficient (Wildman–Crippen LogP) is 1.06. The summed E-state index contributed by atoms with van der Waals surface area (Å²) in [4.78, 5) is 10.7. The van der Waals surface area contributed by atoms with E-state index < -0.39 is 5.97 Å². The smallest absolute Gasteiger partial charge is 0.358 e. The van der Waals surface area contributed by atoms with Crippen molar-refractivity contribution in [2.24, 2.45) is 0 Å². The third-order valence-electron chi connectivity index (χ3n) is 2.41. The van der Waals surface area contributed by atoms with Gasteiger partial charge in [0.05, 0.1) is 12.2 Å². The highest BCUT2D eigenvalue weighted by Crippen LogP contribution is 2.27. The maximum Gasteiger partial charge on any atom is 0.358 e. The number of carboxylic acid groups (broad SMARTS) is 1. The van der Waals surface area contributed by atoms with E-state index in [-0.39, 0.29) is 11.4 Å². The van der Waals surface area contributed by atoms with E-state index in [9.17, 15) is 4.79 Å². The molecule has 0 aromatic carbocycles. The molecule has 1 saturated heterocycles. The average molecular weight is 227 g/mol. The fourth-order valence-electron chi connectivity index (χ4n) is 1.69. The molecule has 0 amide bonds. The van der Waals surface area contributed by atoms with Crippen LogP contribution in [0.3, 0.4) is 0 Å². The largest absolute Gasteiger partial charge is 0.476 e. The molecule has 0 aliphatic carbocycles. The first-order valence-corrected chi connectivity index (χ1v) is 5.89. The van der Waals surface area contributed by atoms with Gasteiger partial charge in [-0.2, -0.15) is 16.9 Å². The van der Waals surface area contributed by atoms with Crippen molar-refractivity contribution in [1.82, 2.24) is 9.78 Å². The van der Waals surface area contributed by atoms with Crippen LogP contribution in [0, 0.1) is 0 Å². The first-order valence-electron chi connectivity index (χ1n) is 4.84. The second-order valence-corrected chi connectivity index (χ2v) is 5.00. The molecule has 15 heavy (non-hydrogen) atoms. The Morgan fingerprint density at radius 3 is 3.13 bits per heavy atom. The molecular formula is C9H13N3O2S. The summed E-state index contributed by atoms with van der Waals surface area (Å²) in [5, 5.41) is 13.3. The van der Waals surface area contributed by atoms with Crippen LogP contribution in [0.1, 0.15) is 23.3 Å². The van der Waals surface area contributed by atoms with Crippen LogP contribution in [0.4, 0.5) is 5.69 Å². The number of nitrogens with zero attached hydrogens (tertiary/aromatic N) is 2. The van der Waals surface area contributed by atoms with E-state index in [1.165, 1.54) is 18.6 Å². The van der Waals surface area contributed by atoms with Crippen molar-refractivity contribution in [3.8, 4) is 0 Å². The molecule has 1 aromatic rings. The van der Waals surface area contributed by atoms with E-state index in [4.69, 9.17) is 10.8 Å². The van der Waals surface area contributed by atoms with Gasteiger partial charge in [0.25, 0.3) is 0 Å². The number of aromatic carboxylic acids is 1. The highest BCUT2D eigenvalue weighted by Gasteiger charge is 2.19. The van der Waals surface area contributed by atoms with Crippen molar-refractivity contribution in [3.63, 3.8) is 0 Å². The number of nitrogens with two attached hydrogens (primary N) is 1. The fraction of sp³-hybridized carbons (Fsp3) is 0.556.